The highest BCUT2D eigenvalue weighted by molar-refractivity contribution is 6.02. The molecule has 8 heteroatoms. The number of nitrogens with zero attached hydrogens (tertiary/aromatic N) is 5. The lowest BCUT2D eigenvalue weighted by Crippen LogP contribution is -2.15. The van der Waals surface area contributed by atoms with Crippen molar-refractivity contribution in [3.8, 4) is 5.69 Å². The summed E-state index contributed by atoms with van der Waals surface area (Å²) in [6.07, 6.45) is 3.96. The molecule has 0 radical (unpaired) electrons. The second-order valence-corrected chi connectivity index (χ2v) is 4.28. The van der Waals surface area contributed by atoms with Crippen LogP contribution in [0.5, 0.6) is 0 Å². The van der Waals surface area contributed by atoms with Crippen LogP contribution in [0.2, 0.25) is 0 Å². The Labute approximate surface area is 120 Å². The van der Waals surface area contributed by atoms with Crippen LogP contribution < -0.4 is 5.32 Å². The summed E-state index contributed by atoms with van der Waals surface area (Å²) < 4.78 is 1.57. The minimum Gasteiger partial charge on any atom is -0.317 e. The highest BCUT2D eigenvalue weighted by Crippen LogP contribution is 2.19. The number of carbonyl (C=O) groups is 1. The molecule has 2 heterocycles. The van der Waals surface area contributed by atoms with Crippen LogP contribution in [0.3, 0.4) is 0 Å². The molecule has 0 atom stereocenters. The van der Waals surface area contributed by atoms with Crippen molar-refractivity contribution < 1.29 is 4.79 Å². The lowest BCUT2D eigenvalue weighted by atomic mass is 10.2. The van der Waals surface area contributed by atoms with Gasteiger partial charge in [0, 0.05) is 6.42 Å². The van der Waals surface area contributed by atoms with Crippen molar-refractivity contribution in [2.24, 2.45) is 0 Å². The monoisotopic (exact) mass is 283 g/mol. The third kappa shape index (κ3) is 2.64. The summed E-state index contributed by atoms with van der Waals surface area (Å²) in [6.45, 7) is 1.93. The average Bonchev–Trinajstić information content (AvgIpc) is 3.19. The van der Waals surface area contributed by atoms with Gasteiger partial charge < -0.3 is 5.32 Å². The number of aromatic amines is 1. The number of carbonyl (C=O) groups excluding carboxylic acids is 1. The van der Waals surface area contributed by atoms with Gasteiger partial charge in [-0.1, -0.05) is 24.3 Å². The Balaban J connectivity index is 1.86. The topological polar surface area (TPSA) is 101 Å². The number of anilines is 1. The van der Waals surface area contributed by atoms with Crippen LogP contribution >= 0.6 is 0 Å². The third-order valence-electron chi connectivity index (χ3n) is 2.89. The Hall–Kier alpha value is -3.03. The largest absolute Gasteiger partial charge is 0.317 e. The SMILES string of the molecule is CCc1nc(C(=O)Nc2ccccc2-n2ccnn2)n[nH]1. The Morgan fingerprint density at radius 2 is 2.24 bits per heavy atom. The molecule has 0 aliphatic carbocycles. The lowest BCUT2D eigenvalue weighted by molar-refractivity contribution is 0.101. The van der Waals surface area contributed by atoms with Gasteiger partial charge in [0.15, 0.2) is 0 Å². The van der Waals surface area contributed by atoms with Gasteiger partial charge in [-0.15, -0.1) is 10.2 Å². The number of aromatic nitrogens is 6. The molecular formula is C13H13N7O. The zero-order chi connectivity index (χ0) is 14.7. The van der Waals surface area contributed by atoms with E-state index in [-0.39, 0.29) is 11.7 Å². The van der Waals surface area contributed by atoms with E-state index in [2.05, 4.69) is 30.8 Å². The predicted octanol–water partition coefficient (Wildman–Crippen LogP) is 1.20. The maximum atomic E-state index is 12.2. The minimum absolute atomic E-state index is 0.111. The molecule has 0 spiro atoms. The molecule has 2 N–H and O–H groups in total. The molecule has 3 aromatic rings. The molecule has 0 fully saturated rings. The van der Waals surface area contributed by atoms with E-state index in [0.29, 0.717) is 17.9 Å². The van der Waals surface area contributed by atoms with Crippen LogP contribution in [0.25, 0.3) is 5.69 Å². The minimum atomic E-state index is -0.376. The van der Waals surface area contributed by atoms with E-state index in [1.54, 1.807) is 23.1 Å². The molecule has 1 aromatic carbocycles. The maximum absolute atomic E-state index is 12.2. The smallest absolute Gasteiger partial charge is 0.295 e. The maximum Gasteiger partial charge on any atom is 0.295 e. The van der Waals surface area contributed by atoms with E-state index < -0.39 is 0 Å². The molecule has 0 unspecified atom stereocenters. The van der Waals surface area contributed by atoms with Gasteiger partial charge in [0.2, 0.25) is 5.82 Å². The van der Waals surface area contributed by atoms with Crippen LogP contribution in [0, 0.1) is 0 Å². The fourth-order valence-electron chi connectivity index (χ4n) is 1.85. The summed E-state index contributed by atoms with van der Waals surface area (Å²) >= 11 is 0. The molecule has 106 valence electrons. The van der Waals surface area contributed by atoms with Gasteiger partial charge in [0.05, 0.1) is 23.8 Å². The Kier molecular flexibility index (Phi) is 3.42. The summed E-state index contributed by atoms with van der Waals surface area (Å²) in [5.41, 5.74) is 1.32. The summed E-state index contributed by atoms with van der Waals surface area (Å²) in [5, 5.41) is 17.1. The number of hydrogen-bond donors (Lipinski definition) is 2. The van der Waals surface area contributed by atoms with Gasteiger partial charge in [0.1, 0.15) is 5.82 Å². The van der Waals surface area contributed by atoms with Crippen LogP contribution in [-0.2, 0) is 6.42 Å². The molecule has 1 amide bonds. The second kappa shape index (κ2) is 5.53. The van der Waals surface area contributed by atoms with Gasteiger partial charge >= 0.3 is 0 Å². The quantitative estimate of drug-likeness (QED) is 0.749. The number of amides is 1. The molecule has 21 heavy (non-hydrogen) atoms. The predicted molar refractivity (Wildman–Crippen MR) is 75.1 cm³/mol. The molecule has 0 aliphatic rings. The van der Waals surface area contributed by atoms with Crippen LogP contribution in [0.1, 0.15) is 23.4 Å². The number of nitrogens with one attached hydrogen (secondary N) is 2. The first-order chi connectivity index (χ1) is 10.3. The van der Waals surface area contributed by atoms with Crippen LogP contribution in [0.15, 0.2) is 36.7 Å². The normalized spacial score (nSPS) is 10.5. The van der Waals surface area contributed by atoms with E-state index in [4.69, 9.17) is 0 Å². The standard InChI is InChI=1S/C13H13N7O/c1-2-11-16-12(18-17-11)13(21)15-9-5-3-4-6-10(9)20-8-7-14-19-20/h3-8H,2H2,1H3,(H,15,21)(H,16,17,18). The van der Waals surface area contributed by atoms with Crippen LogP contribution in [-0.4, -0.2) is 36.1 Å². The molecule has 0 aliphatic heterocycles. The van der Waals surface area contributed by atoms with E-state index in [9.17, 15) is 4.79 Å². The molecule has 0 saturated heterocycles. The van der Waals surface area contributed by atoms with Gasteiger partial charge in [-0.05, 0) is 12.1 Å². The summed E-state index contributed by atoms with van der Waals surface area (Å²) in [4.78, 5) is 16.3. The Morgan fingerprint density at radius 3 is 2.95 bits per heavy atom. The number of aryl methyl sites for hydroxylation is 1. The zero-order valence-corrected chi connectivity index (χ0v) is 11.3. The van der Waals surface area contributed by atoms with Crippen molar-refractivity contribution in [1.82, 2.24) is 30.2 Å². The average molecular weight is 283 g/mol. The number of para-hydroxylation sites is 2. The van der Waals surface area contributed by atoms with E-state index >= 15 is 0 Å². The van der Waals surface area contributed by atoms with E-state index in [0.717, 1.165) is 5.69 Å². The number of H-pyrrole nitrogens is 1. The second-order valence-electron chi connectivity index (χ2n) is 4.28. The Bertz CT molecular complexity index is 747. The molecule has 3 rings (SSSR count). The fraction of sp³-hybridized carbons (Fsp3) is 0.154. The zero-order valence-electron chi connectivity index (χ0n) is 11.3. The van der Waals surface area contributed by atoms with Gasteiger partial charge in [-0.3, -0.25) is 9.89 Å². The number of rotatable bonds is 4. The molecule has 0 bridgehead atoms. The van der Waals surface area contributed by atoms with Crippen molar-refractivity contribution in [3.63, 3.8) is 0 Å². The fourth-order valence-corrected chi connectivity index (χ4v) is 1.85. The molecular weight excluding hydrogens is 270 g/mol. The Morgan fingerprint density at radius 1 is 1.38 bits per heavy atom. The number of benzene rings is 1. The van der Waals surface area contributed by atoms with Gasteiger partial charge in [-0.25, -0.2) is 9.67 Å². The summed E-state index contributed by atoms with van der Waals surface area (Å²) in [7, 11) is 0. The molecule has 8 nitrogen and oxygen atoms in total. The van der Waals surface area contributed by atoms with E-state index in [1.807, 2.05) is 25.1 Å². The molecule has 2 aromatic heterocycles. The van der Waals surface area contributed by atoms with Crippen molar-refractivity contribution in [3.05, 3.63) is 48.3 Å². The van der Waals surface area contributed by atoms with Crippen molar-refractivity contribution in [2.45, 2.75) is 13.3 Å². The molecule has 0 saturated carbocycles. The highest BCUT2D eigenvalue weighted by Gasteiger charge is 2.14. The van der Waals surface area contributed by atoms with Crippen molar-refractivity contribution in [2.75, 3.05) is 5.32 Å². The first-order valence-electron chi connectivity index (χ1n) is 6.46. The van der Waals surface area contributed by atoms with Gasteiger partial charge in [-0.2, -0.15) is 0 Å². The van der Waals surface area contributed by atoms with Crippen molar-refractivity contribution >= 4 is 11.6 Å². The highest BCUT2D eigenvalue weighted by atomic mass is 16.2. The van der Waals surface area contributed by atoms with Crippen molar-refractivity contribution in [1.29, 1.82) is 0 Å². The van der Waals surface area contributed by atoms with E-state index in [1.165, 1.54) is 0 Å². The van der Waals surface area contributed by atoms with Crippen LogP contribution in [0.4, 0.5) is 5.69 Å². The first kappa shape index (κ1) is 13.0. The first-order valence-corrected chi connectivity index (χ1v) is 6.46. The third-order valence-corrected chi connectivity index (χ3v) is 2.89. The summed E-state index contributed by atoms with van der Waals surface area (Å²) in [6, 6.07) is 7.29. The summed E-state index contributed by atoms with van der Waals surface area (Å²) in [5.74, 6) is 0.406. The lowest BCUT2D eigenvalue weighted by Gasteiger charge is -2.08. The number of hydrogen-bond acceptors (Lipinski definition) is 5. The van der Waals surface area contributed by atoms with Gasteiger partial charge in [0.25, 0.3) is 5.91 Å².